The maximum absolute atomic E-state index is 14.2. The number of alkyl halides is 1. The normalized spacial score (nSPS) is 24.8. The first kappa shape index (κ1) is 37.4. The monoisotopic (exact) mass is 847 g/mol. The van der Waals surface area contributed by atoms with Gasteiger partial charge in [-0.05, 0) is 35.6 Å². The van der Waals surface area contributed by atoms with Gasteiger partial charge in [-0.2, -0.15) is 0 Å². The maximum atomic E-state index is 14.2. The summed E-state index contributed by atoms with van der Waals surface area (Å²) in [5.74, 6) is -1.50. The van der Waals surface area contributed by atoms with Crippen molar-refractivity contribution in [2.45, 2.75) is 72.9 Å². The van der Waals surface area contributed by atoms with E-state index in [0.29, 0.717) is 34.5 Å². The van der Waals surface area contributed by atoms with Crippen molar-refractivity contribution in [3.8, 4) is 22.8 Å². The summed E-state index contributed by atoms with van der Waals surface area (Å²) in [6.45, 7) is 3.56. The summed E-state index contributed by atoms with van der Waals surface area (Å²) in [6, 6.07) is 20.9. The minimum absolute atomic E-state index is 0.0283. The number of fused-ring (bicyclic) bond motifs is 2. The van der Waals surface area contributed by atoms with E-state index in [1.165, 1.54) is 4.90 Å². The second kappa shape index (κ2) is 15.1. The fraction of sp³-hybridized carbons (Fsp3) is 0.375. The van der Waals surface area contributed by atoms with Crippen LogP contribution in [0.3, 0.4) is 0 Å². The number of pyridine rings is 1. The second-order valence-corrected chi connectivity index (χ2v) is 16.0. The van der Waals surface area contributed by atoms with Gasteiger partial charge in [0.1, 0.15) is 29.7 Å². The number of likely N-dealkylation sites (tertiary alicyclic amines) is 1. The summed E-state index contributed by atoms with van der Waals surface area (Å²) in [4.78, 5) is 60.3. The van der Waals surface area contributed by atoms with Gasteiger partial charge in [0.05, 0.1) is 37.0 Å². The molecule has 7 rings (SSSR count). The van der Waals surface area contributed by atoms with Crippen LogP contribution in [0.2, 0.25) is 0 Å². The molecule has 3 aromatic carbocycles. The zero-order valence-electron chi connectivity index (χ0n) is 30.0. The Morgan fingerprint density at radius 1 is 1.02 bits per heavy atom. The topological polar surface area (TPSA) is 179 Å². The molecule has 0 bridgehead atoms. The highest BCUT2D eigenvalue weighted by atomic mass is 127. The number of carboxylic acid groups (broad SMARTS) is 1. The van der Waals surface area contributed by atoms with Gasteiger partial charge in [-0.25, -0.2) is 14.6 Å². The molecular weight excluding hydrogens is 805 g/mol. The number of nitrogens with zero attached hydrogens (tertiary/aromatic N) is 2. The Bertz CT molecular complexity index is 2100. The lowest BCUT2D eigenvalue weighted by Crippen LogP contribution is -2.58. The molecule has 1 aromatic heterocycles. The van der Waals surface area contributed by atoms with E-state index in [1.54, 1.807) is 33.1 Å². The number of aliphatic hydroxyl groups is 1. The number of methoxy groups -OCH3 is 1. The first-order chi connectivity index (χ1) is 25.9. The Balaban J connectivity index is 1.16. The van der Waals surface area contributed by atoms with Crippen molar-refractivity contribution >= 4 is 57.3 Å². The number of aliphatic hydroxyl groups excluding tert-OH is 1. The van der Waals surface area contributed by atoms with Crippen molar-refractivity contribution in [2.24, 2.45) is 5.92 Å². The summed E-state index contributed by atoms with van der Waals surface area (Å²) in [5.41, 5.74) is 2.47. The minimum atomic E-state index is -1.43. The summed E-state index contributed by atoms with van der Waals surface area (Å²) < 4.78 is 11.8. The number of hydrogen-bond acceptors (Lipinski definition) is 8. The van der Waals surface area contributed by atoms with Gasteiger partial charge in [0.25, 0.3) is 0 Å². The van der Waals surface area contributed by atoms with E-state index >= 15 is 0 Å². The zero-order chi connectivity index (χ0) is 38.3. The van der Waals surface area contributed by atoms with Crippen molar-refractivity contribution in [1.29, 1.82) is 0 Å². The van der Waals surface area contributed by atoms with Gasteiger partial charge in [-0.15, -0.1) is 0 Å². The van der Waals surface area contributed by atoms with Crippen LogP contribution >= 0.6 is 22.6 Å². The van der Waals surface area contributed by atoms with Gasteiger partial charge in [-0.3, -0.25) is 9.59 Å². The van der Waals surface area contributed by atoms with Crippen LogP contribution in [0.15, 0.2) is 78.9 Å². The van der Waals surface area contributed by atoms with E-state index in [9.17, 15) is 29.4 Å². The van der Waals surface area contributed by atoms with Crippen molar-refractivity contribution in [3.05, 3.63) is 90.0 Å². The molecule has 0 radical (unpaired) electrons. The predicted octanol–water partition coefficient (Wildman–Crippen LogP) is 4.39. The first-order valence-electron chi connectivity index (χ1n) is 17.9. The van der Waals surface area contributed by atoms with Crippen LogP contribution in [0.1, 0.15) is 43.9 Å². The molecule has 7 atom stereocenters. The standard InChI is InChI=1S/C40H42IN5O8/c1-21(2)34(37(49)43-35-26-12-8-7-11-23(26)15-31(35)47)44-39(52)46-20-25(17-30(46)36(48)45-40(38(50)51)19-33(40)41)54-32-18-28(22-9-5-4-6-10-22)42-29-16-24(53-3)13-14-27(29)32/h4-14,16,18,21,25,30-31,33-35,47H,15,17,19-20H2,1-3H3,(H,43,49)(H,44,52)(H,45,48)(H,50,51)/t25-,30+,31+,33-,34+,35-,40-/m1/s1. The third kappa shape index (κ3) is 7.28. The molecular formula is C40H42IN5O8. The molecule has 3 aliphatic rings. The van der Waals surface area contributed by atoms with Crippen LogP contribution in [0, 0.1) is 5.92 Å². The summed E-state index contributed by atoms with van der Waals surface area (Å²) >= 11 is 2.00. The van der Waals surface area contributed by atoms with Crippen molar-refractivity contribution < 1.29 is 38.9 Å². The number of hydrogen-bond donors (Lipinski definition) is 5. The lowest BCUT2D eigenvalue weighted by Gasteiger charge is -2.30. The number of benzene rings is 3. The van der Waals surface area contributed by atoms with Crippen LogP contribution in [0.5, 0.6) is 11.5 Å². The lowest BCUT2D eigenvalue weighted by atomic mass is 10.0. The van der Waals surface area contributed by atoms with Gasteiger partial charge < -0.3 is 40.5 Å². The number of ether oxygens (including phenoxy) is 2. The number of aromatic nitrogens is 1. The Hall–Kier alpha value is -4.96. The highest BCUT2D eigenvalue weighted by Crippen LogP contribution is 2.44. The largest absolute Gasteiger partial charge is 0.497 e. The number of carboxylic acids is 1. The van der Waals surface area contributed by atoms with Gasteiger partial charge in [0.15, 0.2) is 5.54 Å². The molecule has 282 valence electrons. The lowest BCUT2D eigenvalue weighted by molar-refractivity contribution is -0.143. The Morgan fingerprint density at radius 2 is 1.74 bits per heavy atom. The van der Waals surface area contributed by atoms with Crippen LogP contribution in [-0.2, 0) is 20.8 Å². The molecule has 2 heterocycles. The highest BCUT2D eigenvalue weighted by molar-refractivity contribution is 14.1. The molecule has 2 fully saturated rings. The van der Waals surface area contributed by atoms with Gasteiger partial charge in [0.2, 0.25) is 11.8 Å². The van der Waals surface area contributed by atoms with Crippen molar-refractivity contribution in [1.82, 2.24) is 25.8 Å². The number of carbonyl (C=O) groups is 4. The fourth-order valence-corrected chi connectivity index (χ4v) is 8.48. The van der Waals surface area contributed by atoms with Gasteiger partial charge in [0, 0.05) is 39.8 Å². The molecule has 0 unspecified atom stereocenters. The Kier molecular flexibility index (Phi) is 10.4. The highest BCUT2D eigenvalue weighted by Gasteiger charge is 2.61. The molecule has 4 aromatic rings. The van der Waals surface area contributed by atoms with Crippen LogP contribution < -0.4 is 25.4 Å². The van der Waals surface area contributed by atoms with Crippen LogP contribution in [0.25, 0.3) is 22.2 Å². The van der Waals surface area contributed by atoms with E-state index in [1.807, 2.05) is 89.3 Å². The molecule has 1 saturated heterocycles. The van der Waals surface area contributed by atoms with Crippen LogP contribution in [0.4, 0.5) is 4.79 Å². The predicted molar refractivity (Wildman–Crippen MR) is 208 cm³/mol. The third-order valence-electron chi connectivity index (χ3n) is 10.5. The summed E-state index contributed by atoms with van der Waals surface area (Å²) in [5, 5.41) is 29.9. The number of urea groups is 1. The average Bonchev–Trinajstić information content (AvgIpc) is 3.46. The summed E-state index contributed by atoms with van der Waals surface area (Å²) in [7, 11) is 1.57. The maximum Gasteiger partial charge on any atom is 0.330 e. The van der Waals surface area contributed by atoms with Crippen molar-refractivity contribution in [2.75, 3.05) is 13.7 Å². The van der Waals surface area contributed by atoms with E-state index in [4.69, 9.17) is 14.5 Å². The zero-order valence-corrected chi connectivity index (χ0v) is 32.1. The number of halogens is 1. The number of rotatable bonds is 11. The number of aliphatic carboxylic acids is 1. The number of amides is 4. The average molecular weight is 848 g/mol. The molecule has 13 nitrogen and oxygen atoms in total. The minimum Gasteiger partial charge on any atom is -0.497 e. The molecule has 2 aliphatic carbocycles. The molecule has 4 amide bonds. The molecule has 1 aliphatic heterocycles. The molecule has 5 N–H and O–H groups in total. The van der Waals surface area contributed by atoms with E-state index in [0.717, 1.165) is 16.7 Å². The van der Waals surface area contributed by atoms with Gasteiger partial charge >= 0.3 is 12.0 Å². The molecule has 1 saturated carbocycles. The van der Waals surface area contributed by atoms with Crippen LogP contribution in [-0.4, -0.2) is 91.3 Å². The SMILES string of the molecule is COc1ccc2c(O[C@@H]3C[C@@H](C(=O)N[C@]4(C(=O)O)C[C@H]4I)N(C(=O)N[C@H](C(=O)N[C@@H]4c5ccccc5C[C@@H]4O)C(C)C)C3)cc(-c3ccccc3)nc2c1. The van der Waals surface area contributed by atoms with E-state index in [2.05, 4.69) is 16.0 Å². The van der Waals surface area contributed by atoms with Gasteiger partial charge in [-0.1, -0.05) is 91.0 Å². The fourth-order valence-electron chi connectivity index (χ4n) is 7.37. The second-order valence-electron chi connectivity index (χ2n) is 14.5. The first-order valence-corrected chi connectivity index (χ1v) is 19.2. The number of carbonyl (C=O) groups excluding carboxylic acids is 3. The van der Waals surface area contributed by atoms with E-state index < -0.39 is 59.7 Å². The quantitative estimate of drug-likeness (QED) is 0.108. The van der Waals surface area contributed by atoms with Crippen molar-refractivity contribution in [3.63, 3.8) is 0 Å². The summed E-state index contributed by atoms with van der Waals surface area (Å²) in [6.07, 6.45) is -0.791. The smallest absolute Gasteiger partial charge is 0.330 e. The molecule has 54 heavy (non-hydrogen) atoms. The number of nitrogens with one attached hydrogen (secondary N) is 3. The Labute approximate surface area is 325 Å². The molecule has 0 spiro atoms. The van der Waals surface area contributed by atoms with E-state index in [-0.39, 0.29) is 29.2 Å². The third-order valence-corrected chi connectivity index (χ3v) is 12.0. The Morgan fingerprint density at radius 3 is 2.43 bits per heavy atom. The molecule has 14 heteroatoms.